The van der Waals surface area contributed by atoms with Crippen LogP contribution in [0.5, 0.6) is 0 Å². The smallest absolute Gasteiger partial charge is 0.191 e. The van der Waals surface area contributed by atoms with Crippen molar-refractivity contribution in [2.24, 2.45) is 16.3 Å². The van der Waals surface area contributed by atoms with E-state index >= 15 is 0 Å². The molecule has 0 aromatic carbocycles. The summed E-state index contributed by atoms with van der Waals surface area (Å²) in [6.45, 7) is 10.5. The topological polar surface area (TPSA) is 39.7 Å². The number of rotatable bonds is 7. The van der Waals surface area contributed by atoms with Crippen molar-refractivity contribution in [1.82, 2.24) is 15.5 Å². The Morgan fingerprint density at radius 2 is 2.05 bits per heavy atom. The first-order chi connectivity index (χ1) is 10.2. The van der Waals surface area contributed by atoms with Gasteiger partial charge in [0.05, 0.1) is 0 Å². The summed E-state index contributed by atoms with van der Waals surface area (Å²) < 4.78 is 0. The lowest BCUT2D eigenvalue weighted by molar-refractivity contribution is 0.131. The maximum absolute atomic E-state index is 4.38. The zero-order valence-corrected chi connectivity index (χ0v) is 17.0. The molecule has 1 aliphatic carbocycles. The molecule has 0 bridgehead atoms. The van der Waals surface area contributed by atoms with Crippen molar-refractivity contribution in [1.29, 1.82) is 0 Å². The molecule has 0 aromatic heterocycles. The van der Waals surface area contributed by atoms with E-state index in [-0.39, 0.29) is 24.0 Å². The average molecular weight is 422 g/mol. The standard InChI is InChI=1S/C17H34N4.HI/c1-4-10-21-11-7-15(13-21)12-19-16(18-3)20-14-17(5-2)8-6-9-17;/h15H,4-14H2,1-3H3,(H2,18,19,20);1H. The fourth-order valence-electron chi connectivity index (χ4n) is 3.66. The molecule has 5 heteroatoms. The third-order valence-corrected chi connectivity index (χ3v) is 5.49. The minimum atomic E-state index is 0. The molecule has 4 nitrogen and oxygen atoms in total. The summed E-state index contributed by atoms with van der Waals surface area (Å²) in [4.78, 5) is 6.97. The molecule has 1 aliphatic heterocycles. The van der Waals surface area contributed by atoms with Crippen molar-refractivity contribution < 1.29 is 0 Å². The van der Waals surface area contributed by atoms with Crippen LogP contribution in [-0.2, 0) is 0 Å². The highest BCUT2D eigenvalue weighted by molar-refractivity contribution is 14.0. The van der Waals surface area contributed by atoms with Gasteiger partial charge in [-0.2, -0.15) is 0 Å². The molecule has 1 saturated heterocycles. The number of hydrogen-bond donors (Lipinski definition) is 2. The van der Waals surface area contributed by atoms with E-state index in [2.05, 4.69) is 34.4 Å². The van der Waals surface area contributed by atoms with Gasteiger partial charge in [0.2, 0.25) is 0 Å². The van der Waals surface area contributed by atoms with Crippen LogP contribution in [-0.4, -0.2) is 50.6 Å². The Kier molecular flexibility index (Phi) is 9.05. The number of hydrogen-bond acceptors (Lipinski definition) is 2. The van der Waals surface area contributed by atoms with E-state index in [1.165, 1.54) is 58.2 Å². The molecule has 0 spiro atoms. The molecule has 2 rings (SSSR count). The fourth-order valence-corrected chi connectivity index (χ4v) is 3.66. The Balaban J connectivity index is 0.00000242. The highest BCUT2D eigenvalue weighted by atomic mass is 127. The van der Waals surface area contributed by atoms with Gasteiger partial charge in [0, 0.05) is 26.7 Å². The van der Waals surface area contributed by atoms with Crippen molar-refractivity contribution in [3.63, 3.8) is 0 Å². The van der Waals surface area contributed by atoms with E-state index in [1.807, 2.05) is 7.05 Å². The third kappa shape index (κ3) is 5.55. The van der Waals surface area contributed by atoms with Crippen LogP contribution in [0.15, 0.2) is 4.99 Å². The maximum atomic E-state index is 4.38. The predicted molar refractivity (Wildman–Crippen MR) is 106 cm³/mol. The van der Waals surface area contributed by atoms with Gasteiger partial charge in [0.25, 0.3) is 0 Å². The lowest BCUT2D eigenvalue weighted by Gasteiger charge is -2.41. The Labute approximate surface area is 153 Å². The molecule has 1 saturated carbocycles. The van der Waals surface area contributed by atoms with Gasteiger partial charge in [-0.05, 0) is 56.5 Å². The highest BCUT2D eigenvalue weighted by Gasteiger charge is 2.34. The van der Waals surface area contributed by atoms with Crippen LogP contribution < -0.4 is 10.6 Å². The second kappa shape index (κ2) is 9.96. The lowest BCUT2D eigenvalue weighted by Crippen LogP contribution is -2.47. The van der Waals surface area contributed by atoms with Crippen molar-refractivity contribution in [2.45, 2.75) is 52.4 Å². The van der Waals surface area contributed by atoms with Crippen LogP contribution in [0.2, 0.25) is 0 Å². The zero-order valence-electron chi connectivity index (χ0n) is 14.7. The molecule has 22 heavy (non-hydrogen) atoms. The number of nitrogens with zero attached hydrogens (tertiary/aromatic N) is 2. The lowest BCUT2D eigenvalue weighted by atomic mass is 9.67. The SMILES string of the molecule is CCCN1CCC(CNC(=NC)NCC2(CC)CCC2)C1.I. The van der Waals surface area contributed by atoms with Gasteiger partial charge in [-0.15, -0.1) is 24.0 Å². The van der Waals surface area contributed by atoms with Gasteiger partial charge in [0.15, 0.2) is 5.96 Å². The molecule has 0 radical (unpaired) electrons. The summed E-state index contributed by atoms with van der Waals surface area (Å²) in [6.07, 6.45) is 8.03. The summed E-state index contributed by atoms with van der Waals surface area (Å²) in [5, 5.41) is 7.08. The van der Waals surface area contributed by atoms with Crippen molar-refractivity contribution >= 4 is 29.9 Å². The molecule has 2 N–H and O–H groups in total. The Morgan fingerprint density at radius 1 is 1.27 bits per heavy atom. The summed E-state index contributed by atoms with van der Waals surface area (Å²) in [5.41, 5.74) is 0.545. The number of halogens is 1. The van der Waals surface area contributed by atoms with Crippen LogP contribution in [0.25, 0.3) is 0 Å². The van der Waals surface area contributed by atoms with E-state index in [0.717, 1.165) is 25.0 Å². The minimum absolute atomic E-state index is 0. The molecular weight excluding hydrogens is 387 g/mol. The van der Waals surface area contributed by atoms with E-state index in [9.17, 15) is 0 Å². The van der Waals surface area contributed by atoms with Gasteiger partial charge in [-0.25, -0.2) is 0 Å². The van der Waals surface area contributed by atoms with Gasteiger partial charge >= 0.3 is 0 Å². The van der Waals surface area contributed by atoms with Crippen molar-refractivity contribution in [2.75, 3.05) is 39.8 Å². The second-order valence-electron chi connectivity index (χ2n) is 6.97. The largest absolute Gasteiger partial charge is 0.356 e. The van der Waals surface area contributed by atoms with Crippen LogP contribution in [0.4, 0.5) is 0 Å². The fraction of sp³-hybridized carbons (Fsp3) is 0.941. The maximum Gasteiger partial charge on any atom is 0.191 e. The monoisotopic (exact) mass is 422 g/mol. The summed E-state index contributed by atoms with van der Waals surface area (Å²) in [7, 11) is 1.88. The van der Waals surface area contributed by atoms with Gasteiger partial charge in [0.1, 0.15) is 0 Å². The first-order valence-corrected chi connectivity index (χ1v) is 8.88. The quantitative estimate of drug-likeness (QED) is 0.376. The molecule has 2 fully saturated rings. The molecule has 130 valence electrons. The molecule has 0 amide bonds. The Bertz CT molecular complexity index is 336. The van der Waals surface area contributed by atoms with Crippen molar-refractivity contribution in [3.8, 4) is 0 Å². The zero-order chi connectivity index (χ0) is 15.1. The normalized spacial score (nSPS) is 24.5. The molecule has 1 atom stereocenters. The molecular formula is C17H35IN4. The highest BCUT2D eigenvalue weighted by Crippen LogP contribution is 2.42. The van der Waals surface area contributed by atoms with E-state index < -0.39 is 0 Å². The number of likely N-dealkylation sites (tertiary alicyclic amines) is 1. The van der Waals surface area contributed by atoms with Gasteiger partial charge in [-0.3, -0.25) is 4.99 Å². The van der Waals surface area contributed by atoms with Gasteiger partial charge in [-0.1, -0.05) is 20.3 Å². The first-order valence-electron chi connectivity index (χ1n) is 8.88. The van der Waals surface area contributed by atoms with Crippen LogP contribution in [0, 0.1) is 11.3 Å². The summed E-state index contributed by atoms with van der Waals surface area (Å²) in [5.74, 6) is 1.77. The van der Waals surface area contributed by atoms with E-state index in [4.69, 9.17) is 0 Å². The molecule has 0 aromatic rings. The Morgan fingerprint density at radius 3 is 2.59 bits per heavy atom. The number of guanidine groups is 1. The van der Waals surface area contributed by atoms with Crippen LogP contribution in [0.1, 0.15) is 52.4 Å². The molecule has 1 heterocycles. The van der Waals surface area contributed by atoms with E-state index in [1.54, 1.807) is 0 Å². The number of aliphatic imine (C=N–C) groups is 1. The third-order valence-electron chi connectivity index (χ3n) is 5.49. The predicted octanol–water partition coefficient (Wildman–Crippen LogP) is 3.08. The van der Waals surface area contributed by atoms with Crippen LogP contribution in [0.3, 0.4) is 0 Å². The minimum Gasteiger partial charge on any atom is -0.356 e. The number of nitrogens with one attached hydrogen (secondary N) is 2. The van der Waals surface area contributed by atoms with E-state index in [0.29, 0.717) is 5.41 Å². The van der Waals surface area contributed by atoms with Crippen molar-refractivity contribution in [3.05, 3.63) is 0 Å². The Hall–Kier alpha value is -0.0400. The summed E-state index contributed by atoms with van der Waals surface area (Å²) >= 11 is 0. The van der Waals surface area contributed by atoms with Crippen LogP contribution >= 0.6 is 24.0 Å². The molecule has 2 aliphatic rings. The van der Waals surface area contributed by atoms with Gasteiger partial charge < -0.3 is 15.5 Å². The second-order valence-corrected chi connectivity index (χ2v) is 6.97. The average Bonchev–Trinajstić information content (AvgIpc) is 2.89. The summed E-state index contributed by atoms with van der Waals surface area (Å²) in [6, 6.07) is 0. The molecule has 1 unspecified atom stereocenters. The first kappa shape index (κ1) is 20.0.